The zero-order valence-electron chi connectivity index (χ0n) is 12.4. The topological polar surface area (TPSA) is 90.0 Å². The van der Waals surface area contributed by atoms with E-state index in [4.69, 9.17) is 4.42 Å². The Morgan fingerprint density at radius 2 is 1.91 bits per heavy atom. The standard InChI is InChI=1S/C16H14N4O3/c1-20-9-5-8-12(20)14(21)15(22)17-10-13-18-19-16(23-13)11-6-3-2-4-7-11/h2-9H,10H2,1H3,(H,17,22). The molecule has 2 heterocycles. The summed E-state index contributed by atoms with van der Waals surface area (Å²) in [6.45, 7) is -0.00513. The first kappa shape index (κ1) is 14.7. The lowest BCUT2D eigenvalue weighted by molar-refractivity contribution is -0.117. The van der Waals surface area contributed by atoms with Gasteiger partial charge in [0.25, 0.3) is 11.7 Å². The molecule has 3 aromatic rings. The Balaban J connectivity index is 1.63. The summed E-state index contributed by atoms with van der Waals surface area (Å²) in [5.41, 5.74) is 1.11. The van der Waals surface area contributed by atoms with Crippen LogP contribution in [0.4, 0.5) is 0 Å². The predicted octanol–water partition coefficient (Wildman–Crippen LogP) is 1.57. The van der Waals surface area contributed by atoms with E-state index in [0.29, 0.717) is 11.6 Å². The van der Waals surface area contributed by atoms with Gasteiger partial charge in [-0.05, 0) is 24.3 Å². The van der Waals surface area contributed by atoms with Crippen LogP contribution in [0.25, 0.3) is 11.5 Å². The van der Waals surface area contributed by atoms with Crippen LogP contribution in [-0.4, -0.2) is 26.5 Å². The fraction of sp³-hybridized carbons (Fsp3) is 0.125. The molecule has 0 saturated carbocycles. The highest BCUT2D eigenvalue weighted by Gasteiger charge is 2.19. The number of aryl methyl sites for hydroxylation is 1. The molecule has 0 aliphatic heterocycles. The fourth-order valence-corrected chi connectivity index (χ4v) is 2.07. The summed E-state index contributed by atoms with van der Waals surface area (Å²) >= 11 is 0. The first-order valence-corrected chi connectivity index (χ1v) is 6.97. The summed E-state index contributed by atoms with van der Waals surface area (Å²) in [7, 11) is 1.70. The van der Waals surface area contributed by atoms with Crippen LogP contribution in [0, 0.1) is 0 Å². The molecule has 1 aromatic carbocycles. The highest BCUT2D eigenvalue weighted by molar-refractivity contribution is 6.42. The summed E-state index contributed by atoms with van der Waals surface area (Å²) in [4.78, 5) is 23.9. The molecule has 2 aromatic heterocycles. The van der Waals surface area contributed by atoms with E-state index < -0.39 is 11.7 Å². The van der Waals surface area contributed by atoms with Crippen molar-refractivity contribution in [2.45, 2.75) is 6.54 Å². The lowest BCUT2D eigenvalue weighted by Crippen LogP contribution is -2.31. The predicted molar refractivity (Wildman–Crippen MR) is 81.3 cm³/mol. The van der Waals surface area contributed by atoms with Crippen molar-refractivity contribution in [1.82, 2.24) is 20.1 Å². The summed E-state index contributed by atoms with van der Waals surface area (Å²) in [5, 5.41) is 10.3. The average molecular weight is 310 g/mol. The van der Waals surface area contributed by atoms with E-state index >= 15 is 0 Å². The van der Waals surface area contributed by atoms with Crippen LogP contribution in [0.5, 0.6) is 0 Å². The van der Waals surface area contributed by atoms with Gasteiger partial charge in [-0.25, -0.2) is 0 Å². The van der Waals surface area contributed by atoms with E-state index in [1.165, 1.54) is 0 Å². The molecule has 0 bridgehead atoms. The highest BCUT2D eigenvalue weighted by atomic mass is 16.4. The van der Waals surface area contributed by atoms with Crippen molar-refractivity contribution in [2.24, 2.45) is 7.05 Å². The maximum Gasteiger partial charge on any atom is 0.294 e. The van der Waals surface area contributed by atoms with Crippen LogP contribution in [0.1, 0.15) is 16.4 Å². The van der Waals surface area contributed by atoms with E-state index in [0.717, 1.165) is 5.56 Å². The maximum atomic E-state index is 12.0. The second-order valence-electron chi connectivity index (χ2n) is 4.88. The molecule has 0 fully saturated rings. The molecule has 0 radical (unpaired) electrons. The quantitative estimate of drug-likeness (QED) is 0.571. The maximum absolute atomic E-state index is 12.0. The number of ketones is 1. The molecule has 0 saturated heterocycles. The van der Waals surface area contributed by atoms with Crippen molar-refractivity contribution in [3.63, 3.8) is 0 Å². The van der Waals surface area contributed by atoms with Crippen molar-refractivity contribution >= 4 is 11.7 Å². The van der Waals surface area contributed by atoms with Crippen molar-refractivity contribution < 1.29 is 14.0 Å². The smallest absolute Gasteiger partial charge is 0.294 e. The third-order valence-corrected chi connectivity index (χ3v) is 3.27. The molecule has 0 unspecified atom stereocenters. The molecule has 0 atom stereocenters. The number of carbonyl (C=O) groups excluding carboxylic acids is 2. The number of amides is 1. The van der Waals surface area contributed by atoms with Crippen LogP contribution in [-0.2, 0) is 18.4 Å². The van der Waals surface area contributed by atoms with Crippen LogP contribution in [0.2, 0.25) is 0 Å². The highest BCUT2D eigenvalue weighted by Crippen LogP contribution is 2.16. The second-order valence-corrected chi connectivity index (χ2v) is 4.88. The molecule has 0 aliphatic carbocycles. The number of rotatable bonds is 5. The number of nitrogens with zero attached hydrogens (tertiary/aromatic N) is 3. The van der Waals surface area contributed by atoms with E-state index in [1.807, 2.05) is 30.3 Å². The van der Waals surface area contributed by atoms with Crippen LogP contribution < -0.4 is 5.32 Å². The first-order valence-electron chi connectivity index (χ1n) is 6.97. The molecule has 23 heavy (non-hydrogen) atoms. The number of benzene rings is 1. The van der Waals surface area contributed by atoms with E-state index in [-0.39, 0.29) is 12.4 Å². The lowest BCUT2D eigenvalue weighted by Gasteiger charge is -2.02. The Labute approximate surface area is 131 Å². The molecule has 0 aliphatic rings. The number of nitrogens with one attached hydrogen (secondary N) is 1. The van der Waals surface area contributed by atoms with Crippen molar-refractivity contribution in [2.75, 3.05) is 0 Å². The van der Waals surface area contributed by atoms with E-state index in [9.17, 15) is 9.59 Å². The molecule has 7 heteroatoms. The number of Topliss-reactive ketones (excluding diaryl/α,β-unsaturated/α-hetero) is 1. The Bertz CT molecular complexity index is 836. The minimum absolute atomic E-state index is 0.00513. The summed E-state index contributed by atoms with van der Waals surface area (Å²) in [5.74, 6) is -0.730. The van der Waals surface area contributed by atoms with Gasteiger partial charge in [-0.2, -0.15) is 0 Å². The zero-order valence-corrected chi connectivity index (χ0v) is 12.4. The van der Waals surface area contributed by atoms with Gasteiger partial charge in [0, 0.05) is 18.8 Å². The minimum Gasteiger partial charge on any atom is -0.419 e. The number of aromatic nitrogens is 3. The normalized spacial score (nSPS) is 10.5. The van der Waals surface area contributed by atoms with Gasteiger partial charge in [0.05, 0.1) is 12.2 Å². The molecule has 7 nitrogen and oxygen atoms in total. The van der Waals surface area contributed by atoms with Gasteiger partial charge in [0.1, 0.15) is 0 Å². The second kappa shape index (κ2) is 6.27. The van der Waals surface area contributed by atoms with Crippen molar-refractivity contribution in [3.05, 3.63) is 60.2 Å². The van der Waals surface area contributed by atoms with Gasteiger partial charge in [0.2, 0.25) is 11.8 Å². The number of hydrogen-bond acceptors (Lipinski definition) is 5. The minimum atomic E-state index is -0.716. The SMILES string of the molecule is Cn1cccc1C(=O)C(=O)NCc1nnc(-c2ccccc2)o1. The fourth-order valence-electron chi connectivity index (χ4n) is 2.07. The Kier molecular flexibility index (Phi) is 4.01. The van der Waals surface area contributed by atoms with Crippen molar-refractivity contribution in [3.8, 4) is 11.5 Å². The first-order chi connectivity index (χ1) is 11.1. The van der Waals surface area contributed by atoms with Crippen LogP contribution in [0.3, 0.4) is 0 Å². The van der Waals surface area contributed by atoms with Gasteiger partial charge in [0.15, 0.2) is 0 Å². The third-order valence-electron chi connectivity index (χ3n) is 3.27. The van der Waals surface area contributed by atoms with Gasteiger partial charge < -0.3 is 14.3 Å². The van der Waals surface area contributed by atoms with Gasteiger partial charge >= 0.3 is 0 Å². The van der Waals surface area contributed by atoms with Gasteiger partial charge in [-0.1, -0.05) is 18.2 Å². The lowest BCUT2D eigenvalue weighted by atomic mass is 10.2. The Morgan fingerprint density at radius 1 is 1.13 bits per heavy atom. The van der Waals surface area contributed by atoms with Crippen LogP contribution >= 0.6 is 0 Å². The Hall–Kier alpha value is -3.22. The van der Waals surface area contributed by atoms with E-state index in [1.54, 1.807) is 29.9 Å². The van der Waals surface area contributed by atoms with Gasteiger partial charge in [-0.15, -0.1) is 10.2 Å². The van der Waals surface area contributed by atoms with Crippen LogP contribution in [0.15, 0.2) is 53.1 Å². The molecule has 3 rings (SSSR count). The van der Waals surface area contributed by atoms with Gasteiger partial charge in [-0.3, -0.25) is 9.59 Å². The molecule has 116 valence electrons. The molecular weight excluding hydrogens is 296 g/mol. The molecule has 1 N–H and O–H groups in total. The summed E-state index contributed by atoms with van der Waals surface area (Å²) < 4.78 is 7.05. The number of carbonyl (C=O) groups is 2. The van der Waals surface area contributed by atoms with Crippen molar-refractivity contribution in [1.29, 1.82) is 0 Å². The number of hydrogen-bond donors (Lipinski definition) is 1. The monoisotopic (exact) mass is 310 g/mol. The largest absolute Gasteiger partial charge is 0.419 e. The molecule has 0 spiro atoms. The third kappa shape index (κ3) is 3.18. The molecule has 1 amide bonds. The average Bonchev–Trinajstić information content (AvgIpc) is 3.21. The Morgan fingerprint density at radius 3 is 2.61 bits per heavy atom. The molecular formula is C16H14N4O3. The van der Waals surface area contributed by atoms with E-state index in [2.05, 4.69) is 15.5 Å². The summed E-state index contributed by atoms with van der Waals surface area (Å²) in [6, 6.07) is 12.6. The zero-order chi connectivity index (χ0) is 16.2. The summed E-state index contributed by atoms with van der Waals surface area (Å²) in [6.07, 6.45) is 1.70.